The number of aliphatic hydroxyl groups excluding tert-OH is 4. The molecule has 1 aliphatic heterocycles. The number of carbonyl (C=O) groups excluding carboxylic acids is 1. The van der Waals surface area contributed by atoms with Crippen molar-refractivity contribution in [1.29, 1.82) is 0 Å². The third-order valence-corrected chi connectivity index (χ3v) is 3.29. The van der Waals surface area contributed by atoms with Crippen LogP contribution in [-0.4, -0.2) is 85.4 Å². The Hall–Kier alpha value is -2.18. The number of aliphatic hydroxyl groups is 5. The van der Waals surface area contributed by atoms with Crippen molar-refractivity contribution in [1.82, 2.24) is 5.32 Å². The minimum Gasteiger partial charge on any atom is -0.477 e. The van der Waals surface area contributed by atoms with Crippen molar-refractivity contribution in [2.24, 2.45) is 0 Å². The zero-order chi connectivity index (χ0) is 19.8. The first-order valence-electron chi connectivity index (χ1n) is 7.01. The van der Waals surface area contributed by atoms with Gasteiger partial charge in [0.25, 0.3) is 5.79 Å². The van der Waals surface area contributed by atoms with Gasteiger partial charge in [0.15, 0.2) is 0 Å². The van der Waals surface area contributed by atoms with E-state index < -0.39 is 61.1 Å². The lowest BCUT2D eigenvalue weighted by Gasteiger charge is -2.44. The van der Waals surface area contributed by atoms with Crippen LogP contribution in [0.5, 0.6) is 0 Å². The zero-order valence-corrected chi connectivity index (χ0v) is 13.4. The van der Waals surface area contributed by atoms with E-state index in [0.717, 1.165) is 6.92 Å². The zero-order valence-electron chi connectivity index (χ0n) is 13.4. The first-order valence-corrected chi connectivity index (χ1v) is 7.01. The van der Waals surface area contributed by atoms with E-state index >= 15 is 0 Å². The lowest BCUT2D eigenvalue weighted by Crippen LogP contribution is -2.67. The molecule has 0 radical (unpaired) electrons. The molecule has 1 fully saturated rings. The first-order chi connectivity index (χ1) is 11.5. The van der Waals surface area contributed by atoms with Crippen LogP contribution < -0.4 is 5.32 Å². The Balaban J connectivity index is 0.00000129. The molecule has 6 atom stereocenters. The Morgan fingerprint density at radius 2 is 1.88 bits per heavy atom. The summed E-state index contributed by atoms with van der Waals surface area (Å²) in [5.74, 6) is -1.26. The molecule has 1 heterocycles. The van der Waals surface area contributed by atoms with E-state index in [1.165, 1.54) is 0 Å². The van der Waals surface area contributed by atoms with Gasteiger partial charge in [-0.05, 0) is 11.8 Å². The number of ether oxygens (including phenoxy) is 1. The van der Waals surface area contributed by atoms with Crippen LogP contribution in [-0.2, 0) is 14.3 Å². The SMILES string of the molecule is C#CC#C.CC(=O)N[C@H]1[C@H]([C@H](O)[C@H](O)CO)O[C@](O)(C(=O)O)C[C@@H]1O. The molecule has 1 aliphatic rings. The minimum atomic E-state index is -2.78. The molecule has 0 bridgehead atoms. The molecule has 0 aliphatic carbocycles. The van der Waals surface area contributed by atoms with Gasteiger partial charge >= 0.3 is 5.97 Å². The summed E-state index contributed by atoms with van der Waals surface area (Å²) in [7, 11) is 0. The number of hydrogen-bond acceptors (Lipinski definition) is 8. The topological polar surface area (TPSA) is 177 Å². The summed E-state index contributed by atoms with van der Waals surface area (Å²) < 4.78 is 4.86. The number of amides is 1. The highest BCUT2D eigenvalue weighted by Crippen LogP contribution is 2.30. The number of hydrogen-bond donors (Lipinski definition) is 7. The van der Waals surface area contributed by atoms with Gasteiger partial charge in [0, 0.05) is 13.3 Å². The van der Waals surface area contributed by atoms with Crippen molar-refractivity contribution in [3.63, 3.8) is 0 Å². The van der Waals surface area contributed by atoms with E-state index in [0.29, 0.717) is 0 Å². The normalized spacial score (nSPS) is 30.5. The van der Waals surface area contributed by atoms with Crippen LogP contribution in [0.25, 0.3) is 0 Å². The third-order valence-electron chi connectivity index (χ3n) is 3.29. The van der Waals surface area contributed by atoms with Crippen LogP contribution in [0, 0.1) is 24.7 Å². The van der Waals surface area contributed by atoms with Gasteiger partial charge in [0.1, 0.15) is 18.3 Å². The number of carboxylic acids is 1. The fourth-order valence-electron chi connectivity index (χ4n) is 2.14. The van der Waals surface area contributed by atoms with Gasteiger partial charge in [-0.3, -0.25) is 4.79 Å². The molecule has 1 saturated heterocycles. The highest BCUT2D eigenvalue weighted by atomic mass is 16.7. The predicted octanol–water partition coefficient (Wildman–Crippen LogP) is -3.62. The fraction of sp³-hybridized carbons (Fsp3) is 0.600. The lowest BCUT2D eigenvalue weighted by molar-refractivity contribution is -0.295. The van der Waals surface area contributed by atoms with Gasteiger partial charge in [0.2, 0.25) is 5.91 Å². The fourth-order valence-corrected chi connectivity index (χ4v) is 2.14. The van der Waals surface area contributed by atoms with Crippen LogP contribution >= 0.6 is 0 Å². The van der Waals surface area contributed by atoms with Gasteiger partial charge in [-0.1, -0.05) is 0 Å². The summed E-state index contributed by atoms with van der Waals surface area (Å²) in [5, 5.41) is 59.0. The van der Waals surface area contributed by atoms with Gasteiger partial charge in [-0.15, -0.1) is 12.8 Å². The Morgan fingerprint density at radius 3 is 2.24 bits per heavy atom. The quantitative estimate of drug-likeness (QED) is 0.244. The van der Waals surface area contributed by atoms with Crippen molar-refractivity contribution < 1.29 is 45.0 Å². The van der Waals surface area contributed by atoms with Gasteiger partial charge in [-0.25, -0.2) is 4.79 Å². The molecule has 140 valence electrons. The van der Waals surface area contributed by atoms with E-state index in [1.807, 2.05) is 11.8 Å². The van der Waals surface area contributed by atoms with Crippen molar-refractivity contribution in [2.75, 3.05) is 6.61 Å². The van der Waals surface area contributed by atoms with Crippen molar-refractivity contribution >= 4 is 11.9 Å². The number of nitrogens with one attached hydrogen (secondary N) is 1. The average Bonchev–Trinajstić information content (AvgIpc) is 2.55. The molecule has 0 spiro atoms. The molecule has 7 N–H and O–H groups in total. The summed E-state index contributed by atoms with van der Waals surface area (Å²) in [6, 6.07) is -1.27. The molecule has 25 heavy (non-hydrogen) atoms. The second kappa shape index (κ2) is 9.96. The molecule has 0 saturated carbocycles. The standard InChI is InChI=1S/C11H19NO9.C4H2/c1-4(14)12-7-5(15)2-11(20,10(18)19)21-9(7)8(17)6(16)3-13;1-3-4-2/h5-9,13,15-17,20H,2-3H2,1H3,(H,12,14)(H,18,19);1-2H/t5-,6+,7+,8+,9+,11-;/m0./s1. The second-order valence-corrected chi connectivity index (χ2v) is 5.20. The largest absolute Gasteiger partial charge is 0.477 e. The highest BCUT2D eigenvalue weighted by molar-refractivity contribution is 5.76. The maximum absolute atomic E-state index is 11.1. The Labute approximate surface area is 144 Å². The number of carbonyl (C=O) groups is 2. The summed E-state index contributed by atoms with van der Waals surface area (Å²) >= 11 is 0. The third kappa shape index (κ3) is 6.32. The molecule has 10 nitrogen and oxygen atoms in total. The van der Waals surface area contributed by atoms with Crippen LogP contribution in [0.2, 0.25) is 0 Å². The van der Waals surface area contributed by atoms with Gasteiger partial charge < -0.3 is 40.7 Å². The van der Waals surface area contributed by atoms with Crippen molar-refractivity contribution in [2.45, 2.75) is 49.6 Å². The molecule has 1 rings (SSSR count). The number of terminal acetylenes is 2. The van der Waals surface area contributed by atoms with E-state index in [-0.39, 0.29) is 0 Å². The summed E-state index contributed by atoms with van der Waals surface area (Å²) in [6.45, 7) is 0.256. The predicted molar refractivity (Wildman–Crippen MR) is 82.5 cm³/mol. The summed E-state index contributed by atoms with van der Waals surface area (Å²) in [6.07, 6.45) is 1.60. The Bertz CT molecular complexity index is 540. The maximum atomic E-state index is 11.1. The molecule has 0 aromatic rings. The van der Waals surface area contributed by atoms with Crippen molar-refractivity contribution in [3.05, 3.63) is 0 Å². The van der Waals surface area contributed by atoms with E-state index in [4.69, 9.17) is 14.9 Å². The van der Waals surface area contributed by atoms with E-state index in [9.17, 15) is 30.0 Å². The monoisotopic (exact) mass is 359 g/mol. The highest BCUT2D eigenvalue weighted by Gasteiger charge is 2.53. The first kappa shape index (κ1) is 22.8. The van der Waals surface area contributed by atoms with E-state index in [1.54, 1.807) is 0 Å². The number of carboxylic acid groups (broad SMARTS) is 1. The average molecular weight is 359 g/mol. The molecule has 0 aromatic heterocycles. The second-order valence-electron chi connectivity index (χ2n) is 5.20. The number of rotatable bonds is 5. The van der Waals surface area contributed by atoms with Crippen molar-refractivity contribution in [3.8, 4) is 24.7 Å². The maximum Gasteiger partial charge on any atom is 0.364 e. The van der Waals surface area contributed by atoms with Crippen LogP contribution in [0.4, 0.5) is 0 Å². The smallest absolute Gasteiger partial charge is 0.364 e. The molecule has 0 aromatic carbocycles. The summed E-state index contributed by atoms with van der Waals surface area (Å²) in [5.41, 5.74) is 0. The lowest BCUT2D eigenvalue weighted by atomic mass is 9.88. The van der Waals surface area contributed by atoms with Gasteiger partial charge in [-0.2, -0.15) is 0 Å². The molecule has 10 heteroatoms. The van der Waals surface area contributed by atoms with Gasteiger partial charge in [0.05, 0.1) is 18.8 Å². The van der Waals surface area contributed by atoms with E-state index in [2.05, 4.69) is 18.2 Å². The Morgan fingerprint density at radius 1 is 1.36 bits per heavy atom. The molecular weight excluding hydrogens is 338 g/mol. The molecule has 1 amide bonds. The van der Waals surface area contributed by atoms with Crippen LogP contribution in [0.1, 0.15) is 13.3 Å². The Kier molecular flexibility index (Phi) is 9.09. The summed E-state index contributed by atoms with van der Waals surface area (Å²) in [4.78, 5) is 22.1. The molecular formula is C15H21NO9. The molecule has 0 unspecified atom stereocenters. The van der Waals surface area contributed by atoms with Crippen LogP contribution in [0.3, 0.4) is 0 Å². The number of aliphatic carboxylic acids is 1. The van der Waals surface area contributed by atoms with Crippen LogP contribution in [0.15, 0.2) is 0 Å². The minimum absolute atomic E-state index is 0.598.